The number of hydrogen-bond acceptors (Lipinski definition) is 2. The summed E-state index contributed by atoms with van der Waals surface area (Å²) in [6.07, 6.45) is 1.00. The molecule has 0 aliphatic heterocycles. The van der Waals surface area contributed by atoms with E-state index in [1.807, 2.05) is 36.4 Å². The number of nitriles is 2. The first kappa shape index (κ1) is 15.0. The number of rotatable bonds is 2. The maximum absolute atomic E-state index is 9.24. The first-order valence-electron chi connectivity index (χ1n) is 8.23. The van der Waals surface area contributed by atoms with Gasteiger partial charge in [-0.3, -0.25) is 0 Å². The fourth-order valence-electron chi connectivity index (χ4n) is 3.32. The van der Waals surface area contributed by atoms with E-state index in [1.165, 1.54) is 5.56 Å². The van der Waals surface area contributed by atoms with Crippen LogP contribution in [0, 0.1) is 22.7 Å². The molecule has 1 heterocycles. The molecule has 0 aliphatic rings. The third-order valence-corrected chi connectivity index (χ3v) is 4.63. The van der Waals surface area contributed by atoms with Crippen LogP contribution in [0.4, 0.5) is 0 Å². The molecule has 0 atom stereocenters. The Kier molecular flexibility index (Phi) is 3.49. The summed E-state index contributed by atoms with van der Waals surface area (Å²) in [5, 5.41) is 20.5. The summed E-state index contributed by atoms with van der Waals surface area (Å²) in [5.41, 5.74) is 5.68. The summed E-state index contributed by atoms with van der Waals surface area (Å²) in [5.74, 6) is 0. The van der Waals surface area contributed by atoms with Crippen molar-refractivity contribution in [2.24, 2.45) is 0 Å². The van der Waals surface area contributed by atoms with Gasteiger partial charge in [0, 0.05) is 16.5 Å². The Morgan fingerprint density at radius 2 is 1.28 bits per heavy atom. The van der Waals surface area contributed by atoms with Crippen molar-refractivity contribution < 1.29 is 0 Å². The Morgan fingerprint density at radius 3 is 1.72 bits per heavy atom. The minimum absolute atomic E-state index is 0.621. The van der Waals surface area contributed by atoms with Gasteiger partial charge < -0.3 is 4.57 Å². The molecule has 3 heteroatoms. The van der Waals surface area contributed by atoms with Crippen LogP contribution in [0.15, 0.2) is 60.7 Å². The van der Waals surface area contributed by atoms with Crippen molar-refractivity contribution in [1.29, 1.82) is 10.5 Å². The van der Waals surface area contributed by atoms with Gasteiger partial charge in [-0.25, -0.2) is 0 Å². The molecule has 0 saturated carbocycles. The summed E-state index contributed by atoms with van der Waals surface area (Å²) < 4.78 is 2.19. The Labute approximate surface area is 146 Å². The molecule has 118 valence electrons. The fourth-order valence-corrected chi connectivity index (χ4v) is 3.32. The second-order valence-corrected chi connectivity index (χ2v) is 6.04. The first-order chi connectivity index (χ1) is 12.2. The molecule has 3 nitrogen and oxygen atoms in total. The van der Waals surface area contributed by atoms with Crippen LogP contribution in [0.25, 0.3) is 27.5 Å². The Bertz CT molecular complexity index is 1110. The Morgan fingerprint density at radius 1 is 0.760 bits per heavy atom. The zero-order valence-electron chi connectivity index (χ0n) is 13.8. The zero-order valence-corrected chi connectivity index (χ0v) is 13.8. The van der Waals surface area contributed by atoms with Gasteiger partial charge in [-0.05, 0) is 60.5 Å². The molecule has 0 saturated heterocycles. The van der Waals surface area contributed by atoms with Crippen LogP contribution in [0.2, 0.25) is 0 Å². The SMILES string of the molecule is CCc1ccc(-n2c3ccc(C#N)cc3c3cc(C#N)ccc32)cc1. The molecule has 0 amide bonds. The predicted octanol–water partition coefficient (Wildman–Crippen LogP) is 5.09. The van der Waals surface area contributed by atoms with Gasteiger partial charge in [-0.2, -0.15) is 10.5 Å². The summed E-state index contributed by atoms with van der Waals surface area (Å²) in [6.45, 7) is 2.14. The normalized spacial score (nSPS) is 10.7. The lowest BCUT2D eigenvalue weighted by Crippen LogP contribution is -1.94. The maximum atomic E-state index is 9.24. The van der Waals surface area contributed by atoms with E-state index in [0.717, 1.165) is 33.9 Å². The van der Waals surface area contributed by atoms with Crippen molar-refractivity contribution in [3.05, 3.63) is 77.4 Å². The number of hydrogen-bond donors (Lipinski definition) is 0. The molecular weight excluding hydrogens is 306 g/mol. The van der Waals surface area contributed by atoms with Crippen LogP contribution >= 0.6 is 0 Å². The molecule has 0 fully saturated rings. The molecule has 1 aromatic heterocycles. The molecule has 0 radical (unpaired) electrons. The highest BCUT2D eigenvalue weighted by atomic mass is 15.0. The molecule has 0 spiro atoms. The van der Waals surface area contributed by atoms with E-state index in [4.69, 9.17) is 0 Å². The van der Waals surface area contributed by atoms with Gasteiger partial charge >= 0.3 is 0 Å². The van der Waals surface area contributed by atoms with E-state index in [0.29, 0.717) is 11.1 Å². The third kappa shape index (κ3) is 2.35. The summed E-state index contributed by atoms with van der Waals surface area (Å²) in [7, 11) is 0. The Balaban J connectivity index is 2.11. The molecule has 0 unspecified atom stereocenters. The van der Waals surface area contributed by atoms with Crippen molar-refractivity contribution in [1.82, 2.24) is 4.57 Å². The van der Waals surface area contributed by atoms with Crippen molar-refractivity contribution >= 4 is 21.8 Å². The zero-order chi connectivity index (χ0) is 17.4. The molecule has 0 bridgehead atoms. The number of nitrogens with zero attached hydrogens (tertiary/aromatic N) is 3. The van der Waals surface area contributed by atoms with Crippen LogP contribution in [-0.4, -0.2) is 4.57 Å². The van der Waals surface area contributed by atoms with E-state index in [1.54, 1.807) is 0 Å². The van der Waals surface area contributed by atoms with Gasteiger partial charge in [0.25, 0.3) is 0 Å². The van der Waals surface area contributed by atoms with Crippen molar-refractivity contribution in [3.8, 4) is 17.8 Å². The molecule has 0 aliphatic carbocycles. The van der Waals surface area contributed by atoms with E-state index in [2.05, 4.69) is 47.9 Å². The number of benzene rings is 3. The van der Waals surface area contributed by atoms with Crippen molar-refractivity contribution in [3.63, 3.8) is 0 Å². The van der Waals surface area contributed by atoms with Crippen LogP contribution in [-0.2, 0) is 6.42 Å². The summed E-state index contributed by atoms with van der Waals surface area (Å²) >= 11 is 0. The molecule has 4 rings (SSSR count). The Hall–Kier alpha value is -3.56. The van der Waals surface area contributed by atoms with E-state index >= 15 is 0 Å². The minimum atomic E-state index is 0.621. The van der Waals surface area contributed by atoms with Gasteiger partial charge in [0.05, 0.1) is 34.3 Å². The second kappa shape index (κ2) is 5.82. The molecule has 25 heavy (non-hydrogen) atoms. The van der Waals surface area contributed by atoms with E-state index < -0.39 is 0 Å². The average Bonchev–Trinajstić information content (AvgIpc) is 3.00. The van der Waals surface area contributed by atoms with Crippen LogP contribution in [0.5, 0.6) is 0 Å². The lowest BCUT2D eigenvalue weighted by Gasteiger charge is -2.08. The predicted molar refractivity (Wildman–Crippen MR) is 99.6 cm³/mol. The molecular formula is C22H15N3. The van der Waals surface area contributed by atoms with E-state index in [9.17, 15) is 10.5 Å². The van der Waals surface area contributed by atoms with Crippen LogP contribution < -0.4 is 0 Å². The quantitative estimate of drug-likeness (QED) is 0.516. The highest BCUT2D eigenvalue weighted by Gasteiger charge is 2.13. The van der Waals surface area contributed by atoms with Crippen molar-refractivity contribution in [2.45, 2.75) is 13.3 Å². The average molecular weight is 321 g/mol. The standard InChI is InChI=1S/C22H15N3/c1-2-15-3-7-18(8-4-15)25-21-9-5-16(13-23)11-19(21)20-12-17(14-24)6-10-22(20)25/h3-12H,2H2,1H3. The van der Waals surface area contributed by atoms with Gasteiger partial charge in [0.15, 0.2) is 0 Å². The second-order valence-electron chi connectivity index (χ2n) is 6.04. The maximum Gasteiger partial charge on any atom is 0.0991 e. The highest BCUT2D eigenvalue weighted by Crippen LogP contribution is 2.33. The van der Waals surface area contributed by atoms with Gasteiger partial charge in [-0.1, -0.05) is 19.1 Å². The van der Waals surface area contributed by atoms with Crippen LogP contribution in [0.3, 0.4) is 0 Å². The number of fused-ring (bicyclic) bond motifs is 3. The molecule has 0 N–H and O–H groups in total. The third-order valence-electron chi connectivity index (χ3n) is 4.63. The van der Waals surface area contributed by atoms with Crippen molar-refractivity contribution in [2.75, 3.05) is 0 Å². The first-order valence-corrected chi connectivity index (χ1v) is 8.23. The largest absolute Gasteiger partial charge is 0.309 e. The van der Waals surface area contributed by atoms with Gasteiger partial charge in [0.1, 0.15) is 0 Å². The smallest absolute Gasteiger partial charge is 0.0991 e. The molecule has 3 aromatic carbocycles. The van der Waals surface area contributed by atoms with Crippen LogP contribution in [0.1, 0.15) is 23.6 Å². The fraction of sp³-hybridized carbons (Fsp3) is 0.0909. The lowest BCUT2D eigenvalue weighted by molar-refractivity contribution is 1.12. The minimum Gasteiger partial charge on any atom is -0.309 e. The summed E-state index contributed by atoms with van der Waals surface area (Å²) in [6, 6.07) is 24.4. The van der Waals surface area contributed by atoms with Gasteiger partial charge in [0.2, 0.25) is 0 Å². The molecule has 4 aromatic rings. The number of aromatic nitrogens is 1. The van der Waals surface area contributed by atoms with E-state index in [-0.39, 0.29) is 0 Å². The lowest BCUT2D eigenvalue weighted by atomic mass is 10.1. The summed E-state index contributed by atoms with van der Waals surface area (Å²) in [4.78, 5) is 0. The van der Waals surface area contributed by atoms with Gasteiger partial charge in [-0.15, -0.1) is 0 Å². The monoisotopic (exact) mass is 321 g/mol. The highest BCUT2D eigenvalue weighted by molar-refractivity contribution is 6.10. The topological polar surface area (TPSA) is 52.5 Å². The number of aryl methyl sites for hydroxylation is 1.